The van der Waals surface area contributed by atoms with Crippen LogP contribution in [0.2, 0.25) is 0 Å². The summed E-state index contributed by atoms with van der Waals surface area (Å²) < 4.78 is 18.3. The third kappa shape index (κ3) is 4.47. The van der Waals surface area contributed by atoms with Crippen LogP contribution in [0.4, 0.5) is 15.8 Å². The van der Waals surface area contributed by atoms with Gasteiger partial charge in [0.1, 0.15) is 11.6 Å². The largest absolute Gasteiger partial charge is 0.484 e. The van der Waals surface area contributed by atoms with Gasteiger partial charge < -0.3 is 15.0 Å². The number of hydrogen-bond acceptors (Lipinski definition) is 3. The van der Waals surface area contributed by atoms with E-state index in [9.17, 15) is 9.18 Å². The Labute approximate surface area is 141 Å². The number of ether oxygens (including phenoxy) is 1. The zero-order valence-electron chi connectivity index (χ0n) is 13.5. The Balaban J connectivity index is 1.50. The fourth-order valence-corrected chi connectivity index (χ4v) is 2.81. The summed E-state index contributed by atoms with van der Waals surface area (Å²) in [6, 6.07) is 13.6. The van der Waals surface area contributed by atoms with Gasteiger partial charge in [-0.25, -0.2) is 4.39 Å². The minimum Gasteiger partial charge on any atom is -0.484 e. The van der Waals surface area contributed by atoms with Crippen molar-refractivity contribution in [3.05, 3.63) is 54.3 Å². The number of piperidine rings is 1. The van der Waals surface area contributed by atoms with Crippen LogP contribution >= 0.6 is 0 Å². The van der Waals surface area contributed by atoms with Gasteiger partial charge in [0.25, 0.3) is 5.91 Å². The number of nitrogens with zero attached hydrogens (tertiary/aromatic N) is 1. The van der Waals surface area contributed by atoms with Crippen LogP contribution in [0.5, 0.6) is 5.75 Å². The number of benzene rings is 2. The molecular weight excluding hydrogens is 307 g/mol. The number of carbonyl (C=O) groups is 1. The molecule has 0 bridgehead atoms. The number of halogens is 1. The molecule has 5 heteroatoms. The molecule has 1 fully saturated rings. The standard InChI is InChI=1S/C19H21FN2O2/c20-15-5-4-6-18(13-15)24-14-19(23)21-16-7-9-17(10-8-16)22-11-2-1-3-12-22/h4-10,13H,1-3,11-12,14H2,(H,21,23). The summed E-state index contributed by atoms with van der Waals surface area (Å²) in [6.45, 7) is 2.03. The molecule has 0 atom stereocenters. The Bertz CT molecular complexity index is 682. The van der Waals surface area contributed by atoms with Crippen molar-refractivity contribution in [2.24, 2.45) is 0 Å². The van der Waals surface area contributed by atoms with E-state index < -0.39 is 0 Å². The van der Waals surface area contributed by atoms with Crippen molar-refractivity contribution in [2.45, 2.75) is 19.3 Å². The predicted molar refractivity (Wildman–Crippen MR) is 93.0 cm³/mol. The molecule has 24 heavy (non-hydrogen) atoms. The van der Waals surface area contributed by atoms with Gasteiger partial charge in [0.05, 0.1) is 0 Å². The van der Waals surface area contributed by atoms with Crippen LogP contribution in [0.25, 0.3) is 0 Å². The molecule has 1 saturated heterocycles. The van der Waals surface area contributed by atoms with E-state index in [0.717, 1.165) is 18.8 Å². The highest BCUT2D eigenvalue weighted by molar-refractivity contribution is 5.92. The van der Waals surface area contributed by atoms with Crippen LogP contribution in [0, 0.1) is 5.82 Å². The normalized spacial score (nSPS) is 14.3. The number of carbonyl (C=O) groups excluding carboxylic acids is 1. The highest BCUT2D eigenvalue weighted by Gasteiger charge is 2.11. The lowest BCUT2D eigenvalue weighted by Crippen LogP contribution is -2.29. The van der Waals surface area contributed by atoms with Gasteiger partial charge in [-0.05, 0) is 55.7 Å². The first-order valence-corrected chi connectivity index (χ1v) is 8.24. The van der Waals surface area contributed by atoms with E-state index in [1.807, 2.05) is 24.3 Å². The first-order valence-electron chi connectivity index (χ1n) is 8.24. The predicted octanol–water partition coefficient (Wildman–Crippen LogP) is 3.83. The van der Waals surface area contributed by atoms with Gasteiger partial charge in [-0.3, -0.25) is 4.79 Å². The maximum atomic E-state index is 13.0. The van der Waals surface area contributed by atoms with Gasteiger partial charge in [-0.15, -0.1) is 0 Å². The van der Waals surface area contributed by atoms with Crippen molar-refractivity contribution in [3.8, 4) is 5.75 Å². The molecule has 126 valence electrons. The Morgan fingerprint density at radius 3 is 2.54 bits per heavy atom. The molecular formula is C19H21FN2O2. The smallest absolute Gasteiger partial charge is 0.262 e. The third-order valence-electron chi connectivity index (χ3n) is 4.04. The maximum absolute atomic E-state index is 13.0. The molecule has 0 saturated carbocycles. The van der Waals surface area contributed by atoms with E-state index in [-0.39, 0.29) is 18.3 Å². The van der Waals surface area contributed by atoms with Gasteiger partial charge in [-0.2, -0.15) is 0 Å². The summed E-state index contributed by atoms with van der Waals surface area (Å²) in [4.78, 5) is 14.3. The Morgan fingerprint density at radius 1 is 1.08 bits per heavy atom. The zero-order valence-corrected chi connectivity index (χ0v) is 13.5. The minimum absolute atomic E-state index is 0.155. The van der Waals surface area contributed by atoms with Crippen molar-refractivity contribution in [3.63, 3.8) is 0 Å². The van der Waals surface area contributed by atoms with Crippen LogP contribution in [0.15, 0.2) is 48.5 Å². The summed E-state index contributed by atoms with van der Waals surface area (Å²) in [7, 11) is 0. The van der Waals surface area contributed by atoms with E-state index in [4.69, 9.17) is 4.74 Å². The van der Waals surface area contributed by atoms with Crippen molar-refractivity contribution < 1.29 is 13.9 Å². The molecule has 2 aromatic carbocycles. The summed E-state index contributed by atoms with van der Waals surface area (Å²) in [6.07, 6.45) is 3.77. The molecule has 1 aliphatic rings. The number of nitrogens with one attached hydrogen (secondary N) is 1. The Kier molecular flexibility index (Phi) is 5.31. The van der Waals surface area contributed by atoms with Crippen LogP contribution in [0.3, 0.4) is 0 Å². The molecule has 0 unspecified atom stereocenters. The zero-order chi connectivity index (χ0) is 16.8. The first kappa shape index (κ1) is 16.3. The van der Waals surface area contributed by atoms with Crippen molar-refractivity contribution in [2.75, 3.05) is 29.9 Å². The molecule has 0 aliphatic carbocycles. The summed E-state index contributed by atoms with van der Waals surface area (Å²) >= 11 is 0. The highest BCUT2D eigenvalue weighted by atomic mass is 19.1. The Morgan fingerprint density at radius 2 is 1.83 bits per heavy atom. The summed E-state index contributed by atoms with van der Waals surface area (Å²) in [5.41, 5.74) is 1.91. The molecule has 1 amide bonds. The molecule has 0 radical (unpaired) electrons. The van der Waals surface area contributed by atoms with Crippen LogP contribution in [-0.4, -0.2) is 25.6 Å². The maximum Gasteiger partial charge on any atom is 0.262 e. The number of hydrogen-bond donors (Lipinski definition) is 1. The second-order valence-corrected chi connectivity index (χ2v) is 5.89. The van der Waals surface area contributed by atoms with E-state index in [1.54, 1.807) is 12.1 Å². The first-order chi connectivity index (χ1) is 11.7. The van der Waals surface area contributed by atoms with Gasteiger partial charge in [0, 0.05) is 30.5 Å². The topological polar surface area (TPSA) is 41.6 Å². The van der Waals surface area contributed by atoms with Gasteiger partial charge >= 0.3 is 0 Å². The van der Waals surface area contributed by atoms with E-state index >= 15 is 0 Å². The fraction of sp³-hybridized carbons (Fsp3) is 0.316. The average molecular weight is 328 g/mol. The molecule has 3 rings (SSSR count). The fourth-order valence-electron chi connectivity index (χ4n) is 2.81. The molecule has 0 spiro atoms. The lowest BCUT2D eigenvalue weighted by molar-refractivity contribution is -0.118. The second-order valence-electron chi connectivity index (χ2n) is 5.89. The van der Waals surface area contributed by atoms with Gasteiger partial charge in [-0.1, -0.05) is 6.07 Å². The summed E-state index contributed by atoms with van der Waals surface area (Å²) in [5, 5.41) is 2.78. The van der Waals surface area contributed by atoms with E-state index in [1.165, 1.54) is 37.1 Å². The van der Waals surface area contributed by atoms with Crippen molar-refractivity contribution >= 4 is 17.3 Å². The molecule has 1 heterocycles. The van der Waals surface area contributed by atoms with Crippen LogP contribution in [0.1, 0.15) is 19.3 Å². The second kappa shape index (κ2) is 7.81. The quantitative estimate of drug-likeness (QED) is 0.907. The van der Waals surface area contributed by atoms with E-state index in [0.29, 0.717) is 5.75 Å². The van der Waals surface area contributed by atoms with Gasteiger partial charge in [0.15, 0.2) is 6.61 Å². The van der Waals surface area contributed by atoms with E-state index in [2.05, 4.69) is 10.2 Å². The summed E-state index contributed by atoms with van der Waals surface area (Å²) in [5.74, 6) is -0.322. The molecule has 1 aliphatic heterocycles. The highest BCUT2D eigenvalue weighted by Crippen LogP contribution is 2.21. The third-order valence-corrected chi connectivity index (χ3v) is 4.04. The minimum atomic E-state index is -0.388. The molecule has 2 aromatic rings. The number of rotatable bonds is 5. The van der Waals surface area contributed by atoms with Crippen molar-refractivity contribution in [1.29, 1.82) is 0 Å². The van der Waals surface area contributed by atoms with Crippen LogP contribution < -0.4 is 15.0 Å². The lowest BCUT2D eigenvalue weighted by Gasteiger charge is -2.28. The molecule has 1 N–H and O–H groups in total. The Hall–Kier alpha value is -2.56. The number of anilines is 2. The lowest BCUT2D eigenvalue weighted by atomic mass is 10.1. The monoisotopic (exact) mass is 328 g/mol. The van der Waals surface area contributed by atoms with Crippen molar-refractivity contribution in [1.82, 2.24) is 0 Å². The molecule has 4 nitrogen and oxygen atoms in total. The number of amides is 1. The molecule has 0 aromatic heterocycles. The average Bonchev–Trinajstić information content (AvgIpc) is 2.61. The van der Waals surface area contributed by atoms with Crippen LogP contribution in [-0.2, 0) is 4.79 Å². The van der Waals surface area contributed by atoms with Gasteiger partial charge in [0.2, 0.25) is 0 Å². The SMILES string of the molecule is O=C(COc1cccc(F)c1)Nc1ccc(N2CCCCC2)cc1.